The van der Waals surface area contributed by atoms with Crippen molar-refractivity contribution < 1.29 is 14.6 Å². The number of rotatable bonds is 4. The van der Waals surface area contributed by atoms with E-state index < -0.39 is 21.5 Å². The number of hydrogen-bond acceptors (Lipinski definition) is 7. The molecule has 132 valence electrons. The average molecular weight is 376 g/mol. The Kier molecular flexibility index (Phi) is 4.42. The second kappa shape index (κ2) is 6.69. The van der Waals surface area contributed by atoms with Crippen LogP contribution in [0.5, 0.6) is 0 Å². The van der Waals surface area contributed by atoms with Crippen molar-refractivity contribution >= 4 is 40.3 Å². The molecule has 0 saturated heterocycles. The second-order valence-corrected chi connectivity index (χ2v) is 5.62. The molecule has 11 heteroatoms. The number of benzene rings is 2. The zero-order valence-electron chi connectivity index (χ0n) is 12.9. The summed E-state index contributed by atoms with van der Waals surface area (Å²) >= 11 is 5.75. The molecule has 0 fully saturated rings. The van der Waals surface area contributed by atoms with E-state index in [1.165, 1.54) is 42.5 Å². The zero-order chi connectivity index (χ0) is 18.8. The van der Waals surface area contributed by atoms with E-state index in [9.17, 15) is 25.0 Å². The van der Waals surface area contributed by atoms with Gasteiger partial charge in [-0.25, -0.2) is 0 Å². The monoisotopic (exact) mass is 375 g/mol. The van der Waals surface area contributed by atoms with Gasteiger partial charge in [-0.05, 0) is 30.3 Å². The molecule has 2 aromatic rings. The standard InChI is InChI=1S/C15H10ClN5O5/c16-8-1-3-9(4-2-8)17-15(22)13(21(25)26)14-18-11-6-5-10(20(23)24)7-12(11)19-14/h1-7,18-19H,(H,17,22). The third kappa shape index (κ3) is 3.39. The number of carbonyl (C=O) groups is 1. The van der Waals surface area contributed by atoms with E-state index in [0.717, 1.165) is 0 Å². The molecule has 2 aromatic carbocycles. The number of hydrogen-bond donors (Lipinski definition) is 3. The maximum Gasteiger partial charge on any atom is 0.373 e. The smallest absolute Gasteiger partial charge is 0.334 e. The van der Waals surface area contributed by atoms with Crippen LogP contribution in [0.3, 0.4) is 0 Å². The van der Waals surface area contributed by atoms with E-state index in [4.69, 9.17) is 11.6 Å². The predicted octanol–water partition coefficient (Wildman–Crippen LogP) is 3.17. The van der Waals surface area contributed by atoms with Crippen LogP contribution in [0.1, 0.15) is 0 Å². The average Bonchev–Trinajstić information content (AvgIpc) is 2.98. The number of fused-ring (bicyclic) bond motifs is 1. The molecule has 1 heterocycles. The largest absolute Gasteiger partial charge is 0.373 e. The van der Waals surface area contributed by atoms with Crippen LogP contribution in [0.25, 0.3) is 0 Å². The summed E-state index contributed by atoms with van der Waals surface area (Å²) in [5.41, 5.74) is 0.00829. The molecule has 3 rings (SSSR count). The van der Waals surface area contributed by atoms with Gasteiger partial charge in [0.05, 0.1) is 21.2 Å². The summed E-state index contributed by atoms with van der Waals surface area (Å²) < 4.78 is 0. The Hall–Kier alpha value is -3.66. The highest BCUT2D eigenvalue weighted by Gasteiger charge is 2.32. The van der Waals surface area contributed by atoms with Gasteiger partial charge >= 0.3 is 11.6 Å². The van der Waals surface area contributed by atoms with E-state index in [1.54, 1.807) is 0 Å². The van der Waals surface area contributed by atoms with Crippen LogP contribution in [0, 0.1) is 20.2 Å². The minimum absolute atomic E-state index is 0.183. The number of nitrogens with one attached hydrogen (secondary N) is 3. The van der Waals surface area contributed by atoms with Crippen LogP contribution >= 0.6 is 11.6 Å². The number of nitro groups is 2. The number of non-ortho nitro benzene ring substituents is 1. The van der Waals surface area contributed by atoms with Crippen molar-refractivity contribution in [2.45, 2.75) is 0 Å². The van der Waals surface area contributed by atoms with Crippen molar-refractivity contribution in [3.05, 3.63) is 79.2 Å². The molecule has 0 bridgehead atoms. The Balaban J connectivity index is 1.89. The van der Waals surface area contributed by atoms with Crippen LogP contribution in [-0.2, 0) is 4.79 Å². The Morgan fingerprint density at radius 2 is 1.65 bits per heavy atom. The Morgan fingerprint density at radius 1 is 1.00 bits per heavy atom. The van der Waals surface area contributed by atoms with Gasteiger partial charge in [0.25, 0.3) is 5.69 Å². The fraction of sp³-hybridized carbons (Fsp3) is 0. The molecular weight excluding hydrogens is 366 g/mol. The van der Waals surface area contributed by atoms with Gasteiger partial charge in [-0.15, -0.1) is 0 Å². The second-order valence-electron chi connectivity index (χ2n) is 5.18. The minimum Gasteiger partial charge on any atom is -0.334 e. The van der Waals surface area contributed by atoms with Crippen molar-refractivity contribution in [3.8, 4) is 0 Å². The first-order chi connectivity index (χ1) is 12.3. The van der Waals surface area contributed by atoms with Crippen LogP contribution in [0.2, 0.25) is 5.02 Å². The molecule has 0 spiro atoms. The van der Waals surface area contributed by atoms with Crippen molar-refractivity contribution in [2.24, 2.45) is 0 Å². The van der Waals surface area contributed by atoms with Crippen LogP contribution in [0.4, 0.5) is 22.7 Å². The van der Waals surface area contributed by atoms with Crippen LogP contribution < -0.4 is 16.0 Å². The summed E-state index contributed by atoms with van der Waals surface area (Å²) in [6.07, 6.45) is 0. The third-order valence-corrected chi connectivity index (χ3v) is 3.72. The van der Waals surface area contributed by atoms with Gasteiger partial charge < -0.3 is 16.0 Å². The number of nitrogens with zero attached hydrogens (tertiary/aromatic N) is 2. The summed E-state index contributed by atoms with van der Waals surface area (Å²) in [6, 6.07) is 9.89. The summed E-state index contributed by atoms with van der Waals surface area (Å²) in [4.78, 5) is 33.1. The van der Waals surface area contributed by atoms with Crippen LogP contribution in [-0.4, -0.2) is 15.8 Å². The lowest BCUT2D eigenvalue weighted by Crippen LogP contribution is -2.24. The molecule has 1 aliphatic rings. The van der Waals surface area contributed by atoms with Gasteiger partial charge in [0.2, 0.25) is 0 Å². The molecule has 1 amide bonds. The lowest BCUT2D eigenvalue weighted by Gasteiger charge is -2.06. The highest BCUT2D eigenvalue weighted by Crippen LogP contribution is 2.34. The Morgan fingerprint density at radius 3 is 2.27 bits per heavy atom. The number of nitro benzene ring substituents is 1. The normalized spacial score (nSPS) is 13.9. The van der Waals surface area contributed by atoms with Gasteiger partial charge in [0.15, 0.2) is 5.82 Å². The number of halogens is 1. The third-order valence-electron chi connectivity index (χ3n) is 3.47. The SMILES string of the molecule is O=C(Nc1ccc(Cl)cc1)C(=C1Nc2ccc([N+](=O)[O-])cc2N1)[N+](=O)[O-]. The molecule has 0 aromatic heterocycles. The van der Waals surface area contributed by atoms with Gasteiger partial charge in [-0.3, -0.25) is 25.0 Å². The van der Waals surface area contributed by atoms with E-state index in [0.29, 0.717) is 16.4 Å². The van der Waals surface area contributed by atoms with Crippen molar-refractivity contribution in [3.63, 3.8) is 0 Å². The van der Waals surface area contributed by atoms with E-state index in [1.807, 2.05) is 0 Å². The zero-order valence-corrected chi connectivity index (χ0v) is 13.6. The van der Waals surface area contributed by atoms with E-state index in [-0.39, 0.29) is 17.2 Å². The molecule has 0 radical (unpaired) electrons. The van der Waals surface area contributed by atoms with Gasteiger partial charge in [-0.1, -0.05) is 11.6 Å². The topological polar surface area (TPSA) is 139 Å². The van der Waals surface area contributed by atoms with Crippen molar-refractivity contribution in [1.29, 1.82) is 0 Å². The van der Waals surface area contributed by atoms with Gasteiger partial charge in [0, 0.05) is 22.8 Å². The molecular formula is C15H10ClN5O5. The number of carbonyl (C=O) groups excluding carboxylic acids is 1. The first kappa shape index (κ1) is 17.2. The molecule has 0 atom stereocenters. The molecule has 0 unspecified atom stereocenters. The summed E-state index contributed by atoms with van der Waals surface area (Å²) in [5, 5.41) is 30.4. The van der Waals surface area contributed by atoms with Crippen molar-refractivity contribution in [2.75, 3.05) is 16.0 Å². The first-order valence-corrected chi connectivity index (χ1v) is 7.51. The molecule has 1 aliphatic heterocycles. The number of amides is 1. The van der Waals surface area contributed by atoms with E-state index in [2.05, 4.69) is 16.0 Å². The fourth-order valence-electron chi connectivity index (χ4n) is 2.29. The molecule has 3 N–H and O–H groups in total. The molecule has 0 aliphatic carbocycles. The van der Waals surface area contributed by atoms with Crippen LogP contribution in [0.15, 0.2) is 54.0 Å². The highest BCUT2D eigenvalue weighted by atomic mass is 35.5. The Bertz CT molecular complexity index is 957. The highest BCUT2D eigenvalue weighted by molar-refractivity contribution is 6.30. The predicted molar refractivity (Wildman–Crippen MR) is 94.4 cm³/mol. The fourth-order valence-corrected chi connectivity index (χ4v) is 2.41. The minimum atomic E-state index is -0.963. The Labute approximate surface area is 150 Å². The summed E-state index contributed by atoms with van der Waals surface area (Å²) in [5.74, 6) is -1.15. The lowest BCUT2D eigenvalue weighted by atomic mass is 10.2. The van der Waals surface area contributed by atoms with Gasteiger partial charge in [-0.2, -0.15) is 0 Å². The quantitative estimate of drug-likeness (QED) is 0.423. The molecule has 10 nitrogen and oxygen atoms in total. The van der Waals surface area contributed by atoms with Crippen molar-refractivity contribution in [1.82, 2.24) is 0 Å². The molecule has 0 saturated carbocycles. The first-order valence-electron chi connectivity index (χ1n) is 7.13. The maximum atomic E-state index is 12.3. The lowest BCUT2D eigenvalue weighted by molar-refractivity contribution is -0.419. The van der Waals surface area contributed by atoms with E-state index >= 15 is 0 Å². The number of anilines is 3. The van der Waals surface area contributed by atoms with Gasteiger partial charge in [0.1, 0.15) is 0 Å². The molecule has 26 heavy (non-hydrogen) atoms. The maximum absolute atomic E-state index is 12.3. The summed E-state index contributed by atoms with van der Waals surface area (Å²) in [7, 11) is 0. The summed E-state index contributed by atoms with van der Waals surface area (Å²) in [6.45, 7) is 0.